The normalized spacial score (nSPS) is 23.0. The number of amides is 2. The zero-order valence-corrected chi connectivity index (χ0v) is 11.6. The van der Waals surface area contributed by atoms with Crippen molar-refractivity contribution < 1.29 is 19.5 Å². The smallest absolute Gasteiger partial charge is 0.326 e. The predicted molar refractivity (Wildman–Crippen MR) is 72.0 cm³/mol. The second-order valence-corrected chi connectivity index (χ2v) is 5.61. The number of likely N-dealkylation sites (tertiary alicyclic amines) is 1. The average Bonchev–Trinajstić information content (AvgIpc) is 3.09. The maximum atomic E-state index is 12.0. The van der Waals surface area contributed by atoms with Crippen LogP contribution in [0.15, 0.2) is 0 Å². The van der Waals surface area contributed by atoms with Gasteiger partial charge in [-0.1, -0.05) is 12.8 Å². The van der Waals surface area contributed by atoms with Crippen LogP contribution in [-0.2, 0) is 14.4 Å². The van der Waals surface area contributed by atoms with E-state index in [-0.39, 0.29) is 24.2 Å². The molecule has 1 aliphatic heterocycles. The summed E-state index contributed by atoms with van der Waals surface area (Å²) < 4.78 is 0. The molecule has 0 aromatic rings. The molecule has 20 heavy (non-hydrogen) atoms. The standard InChI is InChI=1S/C14H22N2O4/c17-12(16-9-3-6-11(16)14(19)20)7-8-15-13(18)10-4-1-2-5-10/h10-11H,1-9H2,(H,15,18)(H,19,20)/t11-/m0/s1. The first-order valence-electron chi connectivity index (χ1n) is 7.39. The molecule has 2 N–H and O–H groups in total. The van der Waals surface area contributed by atoms with Crippen LogP contribution in [0.5, 0.6) is 0 Å². The summed E-state index contributed by atoms with van der Waals surface area (Å²) in [4.78, 5) is 36.2. The summed E-state index contributed by atoms with van der Waals surface area (Å²) in [6.07, 6.45) is 5.52. The summed E-state index contributed by atoms with van der Waals surface area (Å²) in [7, 11) is 0. The Balaban J connectivity index is 1.72. The molecule has 112 valence electrons. The minimum Gasteiger partial charge on any atom is -0.480 e. The fourth-order valence-corrected chi connectivity index (χ4v) is 3.09. The van der Waals surface area contributed by atoms with Crippen molar-refractivity contribution in [2.45, 2.75) is 51.0 Å². The molecule has 0 radical (unpaired) electrons. The van der Waals surface area contributed by atoms with E-state index in [0.29, 0.717) is 19.5 Å². The van der Waals surface area contributed by atoms with Gasteiger partial charge >= 0.3 is 5.97 Å². The molecule has 0 bridgehead atoms. The van der Waals surface area contributed by atoms with Crippen molar-refractivity contribution >= 4 is 17.8 Å². The Morgan fingerprint density at radius 1 is 1.10 bits per heavy atom. The lowest BCUT2D eigenvalue weighted by Gasteiger charge is -2.21. The van der Waals surface area contributed by atoms with Crippen molar-refractivity contribution in [3.63, 3.8) is 0 Å². The zero-order valence-electron chi connectivity index (χ0n) is 11.6. The first kappa shape index (κ1) is 14.8. The predicted octanol–water partition coefficient (Wildman–Crippen LogP) is 0.758. The Kier molecular flexibility index (Phi) is 4.98. The number of carboxylic acids is 1. The van der Waals surface area contributed by atoms with E-state index < -0.39 is 12.0 Å². The number of rotatable bonds is 5. The molecule has 0 unspecified atom stereocenters. The van der Waals surface area contributed by atoms with Crippen molar-refractivity contribution in [1.82, 2.24) is 10.2 Å². The highest BCUT2D eigenvalue weighted by Gasteiger charge is 2.33. The molecule has 1 aliphatic carbocycles. The second kappa shape index (κ2) is 6.72. The van der Waals surface area contributed by atoms with Crippen molar-refractivity contribution in [3.8, 4) is 0 Å². The van der Waals surface area contributed by atoms with E-state index in [1.165, 1.54) is 4.90 Å². The molecule has 6 nitrogen and oxygen atoms in total. The third-order valence-corrected chi connectivity index (χ3v) is 4.22. The lowest BCUT2D eigenvalue weighted by atomic mass is 10.1. The summed E-state index contributed by atoms with van der Waals surface area (Å²) in [5, 5.41) is 11.8. The number of carboxylic acid groups (broad SMARTS) is 1. The van der Waals surface area contributed by atoms with Gasteiger partial charge in [-0.2, -0.15) is 0 Å². The largest absolute Gasteiger partial charge is 0.480 e. The van der Waals surface area contributed by atoms with Gasteiger partial charge in [-0.05, 0) is 25.7 Å². The Labute approximate surface area is 118 Å². The minimum atomic E-state index is -0.939. The maximum Gasteiger partial charge on any atom is 0.326 e. The number of carbonyl (C=O) groups is 3. The van der Waals surface area contributed by atoms with Crippen molar-refractivity contribution in [2.75, 3.05) is 13.1 Å². The van der Waals surface area contributed by atoms with Gasteiger partial charge < -0.3 is 15.3 Å². The van der Waals surface area contributed by atoms with Gasteiger partial charge in [-0.15, -0.1) is 0 Å². The van der Waals surface area contributed by atoms with E-state index in [1.54, 1.807) is 0 Å². The fraction of sp³-hybridized carbons (Fsp3) is 0.786. The molecule has 1 saturated heterocycles. The molecule has 1 heterocycles. The van der Waals surface area contributed by atoms with Crippen molar-refractivity contribution in [1.29, 1.82) is 0 Å². The lowest BCUT2D eigenvalue weighted by molar-refractivity contribution is -0.148. The van der Waals surface area contributed by atoms with Crippen LogP contribution in [0.25, 0.3) is 0 Å². The van der Waals surface area contributed by atoms with Crippen molar-refractivity contribution in [2.24, 2.45) is 5.92 Å². The number of aliphatic carboxylic acids is 1. The maximum absolute atomic E-state index is 12.0. The molecule has 0 spiro atoms. The van der Waals surface area contributed by atoms with Crippen LogP contribution < -0.4 is 5.32 Å². The number of hydrogen-bond acceptors (Lipinski definition) is 3. The molecule has 2 fully saturated rings. The summed E-state index contributed by atoms with van der Waals surface area (Å²) in [6, 6.07) is -0.687. The van der Waals surface area contributed by atoms with Gasteiger partial charge in [-0.25, -0.2) is 4.79 Å². The van der Waals surface area contributed by atoms with Gasteiger partial charge in [0.05, 0.1) is 0 Å². The Hall–Kier alpha value is -1.59. The third-order valence-electron chi connectivity index (χ3n) is 4.22. The molecule has 0 aromatic carbocycles. The number of nitrogens with zero attached hydrogens (tertiary/aromatic N) is 1. The quantitative estimate of drug-likeness (QED) is 0.779. The van der Waals surface area contributed by atoms with Gasteiger partial charge in [0.1, 0.15) is 6.04 Å². The van der Waals surface area contributed by atoms with E-state index in [1.807, 2.05) is 0 Å². The first-order chi connectivity index (χ1) is 9.59. The van der Waals surface area contributed by atoms with Crippen LogP contribution in [0.2, 0.25) is 0 Å². The van der Waals surface area contributed by atoms with Gasteiger partial charge in [0.2, 0.25) is 11.8 Å². The third kappa shape index (κ3) is 3.49. The van der Waals surface area contributed by atoms with Crippen LogP contribution in [0.3, 0.4) is 0 Å². The second-order valence-electron chi connectivity index (χ2n) is 5.61. The highest BCUT2D eigenvalue weighted by atomic mass is 16.4. The van der Waals surface area contributed by atoms with Crippen LogP contribution in [0.4, 0.5) is 0 Å². The lowest BCUT2D eigenvalue weighted by Crippen LogP contribution is -2.42. The molecular formula is C14H22N2O4. The van der Waals surface area contributed by atoms with Gasteiger partial charge in [-0.3, -0.25) is 9.59 Å². The Bertz CT molecular complexity index is 391. The monoisotopic (exact) mass is 282 g/mol. The number of nitrogens with one attached hydrogen (secondary N) is 1. The topological polar surface area (TPSA) is 86.7 Å². The Morgan fingerprint density at radius 2 is 1.80 bits per heavy atom. The highest BCUT2D eigenvalue weighted by molar-refractivity contribution is 5.85. The molecule has 2 amide bonds. The van der Waals surface area contributed by atoms with E-state index in [9.17, 15) is 14.4 Å². The van der Waals surface area contributed by atoms with Crippen LogP contribution in [0, 0.1) is 5.92 Å². The highest BCUT2D eigenvalue weighted by Crippen LogP contribution is 2.24. The summed E-state index contributed by atoms with van der Waals surface area (Å²) in [6.45, 7) is 0.809. The van der Waals surface area contributed by atoms with Gasteiger partial charge in [0.15, 0.2) is 0 Å². The molecular weight excluding hydrogens is 260 g/mol. The van der Waals surface area contributed by atoms with Gasteiger partial charge in [0, 0.05) is 25.4 Å². The fourth-order valence-electron chi connectivity index (χ4n) is 3.09. The van der Waals surface area contributed by atoms with Crippen LogP contribution in [0.1, 0.15) is 44.9 Å². The summed E-state index contributed by atoms with van der Waals surface area (Å²) in [5.41, 5.74) is 0. The molecule has 0 aromatic heterocycles. The molecule has 1 saturated carbocycles. The van der Waals surface area contributed by atoms with Crippen LogP contribution in [-0.4, -0.2) is 46.9 Å². The van der Waals surface area contributed by atoms with E-state index >= 15 is 0 Å². The van der Waals surface area contributed by atoms with Crippen LogP contribution >= 0.6 is 0 Å². The SMILES string of the molecule is O=C(NCCC(=O)N1CCC[C@H]1C(=O)O)C1CCCC1. The minimum absolute atomic E-state index is 0.0338. The van der Waals surface area contributed by atoms with E-state index in [0.717, 1.165) is 32.1 Å². The average molecular weight is 282 g/mol. The Morgan fingerprint density at radius 3 is 2.45 bits per heavy atom. The molecule has 6 heteroatoms. The number of carbonyl (C=O) groups excluding carboxylic acids is 2. The molecule has 1 atom stereocenters. The zero-order chi connectivity index (χ0) is 14.5. The molecule has 2 rings (SSSR count). The molecule has 2 aliphatic rings. The van der Waals surface area contributed by atoms with Crippen molar-refractivity contribution in [3.05, 3.63) is 0 Å². The summed E-state index contributed by atoms with van der Waals surface area (Å²) in [5.74, 6) is -0.984. The van der Waals surface area contributed by atoms with Gasteiger partial charge in [0.25, 0.3) is 0 Å². The first-order valence-corrected chi connectivity index (χ1v) is 7.39. The number of hydrogen-bond donors (Lipinski definition) is 2. The summed E-state index contributed by atoms with van der Waals surface area (Å²) >= 11 is 0. The van der Waals surface area contributed by atoms with E-state index in [4.69, 9.17) is 5.11 Å². The van der Waals surface area contributed by atoms with E-state index in [2.05, 4.69) is 5.32 Å².